The zero-order chi connectivity index (χ0) is 14.8. The number of aryl methyl sites for hydroxylation is 1. The van der Waals surface area contributed by atoms with Crippen molar-refractivity contribution >= 4 is 0 Å². The number of benzene rings is 1. The van der Waals surface area contributed by atoms with Crippen LogP contribution in [0.3, 0.4) is 0 Å². The largest absolute Gasteiger partial charge is 0.359 e. The Morgan fingerprint density at radius 2 is 2.05 bits per heavy atom. The Hall–Kier alpha value is -2.47. The van der Waals surface area contributed by atoms with Crippen molar-refractivity contribution in [2.24, 2.45) is 5.73 Å². The Morgan fingerprint density at radius 1 is 1.29 bits per heavy atom. The molecule has 0 aliphatic rings. The number of hydrogen-bond donors (Lipinski definition) is 1. The molecule has 0 aliphatic carbocycles. The Labute approximate surface area is 122 Å². The standard InChI is InChI=1S/C15H17N5O/c1-10-3-5-12(6-4-10)14-7-13(21-18-14)8-20-9-15(11(2)16)17-19-20/h3-7,9,11H,8,16H2,1-2H3. The van der Waals surface area contributed by atoms with E-state index >= 15 is 0 Å². The monoisotopic (exact) mass is 283 g/mol. The van der Waals surface area contributed by atoms with E-state index in [1.54, 1.807) is 4.68 Å². The fraction of sp³-hybridized carbons (Fsp3) is 0.267. The minimum absolute atomic E-state index is 0.128. The number of hydrogen-bond acceptors (Lipinski definition) is 5. The van der Waals surface area contributed by atoms with Gasteiger partial charge in [0.1, 0.15) is 12.2 Å². The summed E-state index contributed by atoms with van der Waals surface area (Å²) in [7, 11) is 0. The molecule has 1 atom stereocenters. The predicted molar refractivity (Wildman–Crippen MR) is 78.4 cm³/mol. The van der Waals surface area contributed by atoms with Crippen LogP contribution in [0.2, 0.25) is 0 Å². The zero-order valence-corrected chi connectivity index (χ0v) is 12.0. The van der Waals surface area contributed by atoms with Crippen LogP contribution in [-0.4, -0.2) is 20.2 Å². The highest BCUT2D eigenvalue weighted by atomic mass is 16.5. The molecule has 0 spiro atoms. The van der Waals surface area contributed by atoms with Crippen LogP contribution in [0.5, 0.6) is 0 Å². The summed E-state index contributed by atoms with van der Waals surface area (Å²) in [6.07, 6.45) is 1.82. The SMILES string of the molecule is Cc1ccc(-c2cc(Cn3cc(C(C)N)nn3)on2)cc1. The molecule has 6 nitrogen and oxygen atoms in total. The second-order valence-electron chi connectivity index (χ2n) is 5.17. The molecule has 2 aromatic heterocycles. The van der Waals surface area contributed by atoms with Crippen LogP contribution in [-0.2, 0) is 6.54 Å². The molecule has 2 heterocycles. The van der Waals surface area contributed by atoms with Crippen LogP contribution in [0.25, 0.3) is 11.3 Å². The molecule has 0 saturated heterocycles. The minimum Gasteiger partial charge on any atom is -0.359 e. The number of rotatable bonds is 4. The van der Waals surface area contributed by atoms with Crippen molar-refractivity contribution in [3.05, 3.63) is 53.5 Å². The fourth-order valence-electron chi connectivity index (χ4n) is 2.01. The van der Waals surface area contributed by atoms with E-state index in [9.17, 15) is 0 Å². The first-order valence-electron chi connectivity index (χ1n) is 6.80. The molecule has 3 aromatic rings. The third kappa shape index (κ3) is 3.00. The van der Waals surface area contributed by atoms with Crippen LogP contribution in [0.4, 0.5) is 0 Å². The lowest BCUT2D eigenvalue weighted by Crippen LogP contribution is -2.05. The van der Waals surface area contributed by atoms with Gasteiger partial charge in [0.05, 0.1) is 11.9 Å². The number of nitrogens with zero attached hydrogens (tertiary/aromatic N) is 4. The molecular formula is C15H17N5O. The zero-order valence-electron chi connectivity index (χ0n) is 12.0. The second kappa shape index (κ2) is 5.49. The summed E-state index contributed by atoms with van der Waals surface area (Å²) >= 11 is 0. The maximum absolute atomic E-state index is 5.76. The van der Waals surface area contributed by atoms with Gasteiger partial charge in [-0.15, -0.1) is 5.10 Å². The smallest absolute Gasteiger partial charge is 0.158 e. The summed E-state index contributed by atoms with van der Waals surface area (Å²) in [5.74, 6) is 0.728. The summed E-state index contributed by atoms with van der Waals surface area (Å²) in [6.45, 7) is 4.41. The normalized spacial score (nSPS) is 12.5. The second-order valence-corrected chi connectivity index (χ2v) is 5.17. The van der Waals surface area contributed by atoms with Crippen molar-refractivity contribution in [2.45, 2.75) is 26.4 Å². The summed E-state index contributed by atoms with van der Waals surface area (Å²) in [5, 5.41) is 12.1. The van der Waals surface area contributed by atoms with Crippen molar-refractivity contribution in [1.29, 1.82) is 0 Å². The first kappa shape index (κ1) is 13.5. The quantitative estimate of drug-likeness (QED) is 0.794. The van der Waals surface area contributed by atoms with Gasteiger partial charge in [0, 0.05) is 17.7 Å². The van der Waals surface area contributed by atoms with Gasteiger partial charge in [0.25, 0.3) is 0 Å². The molecule has 0 saturated carbocycles. The summed E-state index contributed by atoms with van der Waals surface area (Å²) in [6, 6.07) is 9.95. The van der Waals surface area contributed by atoms with E-state index < -0.39 is 0 Å². The van der Waals surface area contributed by atoms with Crippen LogP contribution < -0.4 is 5.73 Å². The maximum Gasteiger partial charge on any atom is 0.158 e. The highest BCUT2D eigenvalue weighted by Crippen LogP contribution is 2.20. The van der Waals surface area contributed by atoms with Crippen molar-refractivity contribution in [1.82, 2.24) is 20.2 Å². The number of nitrogens with two attached hydrogens (primary N) is 1. The van der Waals surface area contributed by atoms with Crippen molar-refractivity contribution in [2.75, 3.05) is 0 Å². The van der Waals surface area contributed by atoms with E-state index in [-0.39, 0.29) is 6.04 Å². The Kier molecular flexibility index (Phi) is 3.53. The molecule has 0 radical (unpaired) electrons. The van der Waals surface area contributed by atoms with Crippen LogP contribution in [0.1, 0.15) is 30.0 Å². The highest BCUT2D eigenvalue weighted by molar-refractivity contribution is 5.59. The summed E-state index contributed by atoms with van der Waals surface area (Å²) < 4.78 is 7.05. The van der Waals surface area contributed by atoms with E-state index in [0.717, 1.165) is 22.7 Å². The van der Waals surface area contributed by atoms with E-state index in [0.29, 0.717) is 6.54 Å². The lowest BCUT2D eigenvalue weighted by atomic mass is 10.1. The molecule has 0 bridgehead atoms. The van der Waals surface area contributed by atoms with Crippen LogP contribution >= 0.6 is 0 Å². The molecule has 3 rings (SSSR count). The molecule has 0 aliphatic heterocycles. The van der Waals surface area contributed by atoms with Gasteiger partial charge in [-0.05, 0) is 13.8 Å². The fourth-order valence-corrected chi connectivity index (χ4v) is 2.01. The van der Waals surface area contributed by atoms with Gasteiger partial charge >= 0.3 is 0 Å². The molecule has 0 fully saturated rings. The Morgan fingerprint density at radius 3 is 2.71 bits per heavy atom. The van der Waals surface area contributed by atoms with Gasteiger partial charge in [-0.1, -0.05) is 40.2 Å². The number of aromatic nitrogens is 4. The van der Waals surface area contributed by atoms with E-state index in [1.165, 1.54) is 5.56 Å². The summed E-state index contributed by atoms with van der Waals surface area (Å²) in [4.78, 5) is 0. The molecule has 108 valence electrons. The topological polar surface area (TPSA) is 82.8 Å². The van der Waals surface area contributed by atoms with Crippen molar-refractivity contribution < 1.29 is 4.52 Å². The maximum atomic E-state index is 5.76. The van der Waals surface area contributed by atoms with Gasteiger partial charge in [0.2, 0.25) is 0 Å². The lowest BCUT2D eigenvalue weighted by Gasteiger charge is -1.96. The van der Waals surface area contributed by atoms with Crippen LogP contribution in [0.15, 0.2) is 41.1 Å². The van der Waals surface area contributed by atoms with E-state index in [2.05, 4.69) is 34.5 Å². The molecule has 1 aromatic carbocycles. The summed E-state index contributed by atoms with van der Waals surface area (Å²) in [5.41, 5.74) is 9.58. The van der Waals surface area contributed by atoms with E-state index in [1.807, 2.05) is 31.3 Å². The average Bonchev–Trinajstić information content (AvgIpc) is 3.10. The lowest BCUT2D eigenvalue weighted by molar-refractivity contribution is 0.372. The molecular weight excluding hydrogens is 266 g/mol. The van der Waals surface area contributed by atoms with Gasteiger partial charge in [-0.25, -0.2) is 4.68 Å². The van der Waals surface area contributed by atoms with Gasteiger partial charge < -0.3 is 10.3 Å². The first-order valence-corrected chi connectivity index (χ1v) is 6.80. The highest BCUT2D eigenvalue weighted by Gasteiger charge is 2.10. The third-order valence-corrected chi connectivity index (χ3v) is 3.25. The van der Waals surface area contributed by atoms with Gasteiger partial charge in [0.15, 0.2) is 5.76 Å². The first-order chi connectivity index (χ1) is 10.1. The predicted octanol–water partition coefficient (Wildman–Crippen LogP) is 2.31. The van der Waals surface area contributed by atoms with Crippen molar-refractivity contribution in [3.63, 3.8) is 0 Å². The minimum atomic E-state index is -0.128. The molecule has 1 unspecified atom stereocenters. The van der Waals surface area contributed by atoms with Gasteiger partial charge in [-0.3, -0.25) is 0 Å². The van der Waals surface area contributed by atoms with Gasteiger partial charge in [-0.2, -0.15) is 0 Å². The van der Waals surface area contributed by atoms with Crippen LogP contribution in [0, 0.1) is 6.92 Å². The Balaban J connectivity index is 1.76. The van der Waals surface area contributed by atoms with E-state index in [4.69, 9.17) is 10.3 Å². The Bertz CT molecular complexity index is 727. The average molecular weight is 283 g/mol. The molecule has 2 N–H and O–H groups in total. The molecule has 6 heteroatoms. The van der Waals surface area contributed by atoms with Crippen molar-refractivity contribution in [3.8, 4) is 11.3 Å². The molecule has 0 amide bonds. The third-order valence-electron chi connectivity index (χ3n) is 3.25. The molecule has 21 heavy (non-hydrogen) atoms.